The van der Waals surface area contributed by atoms with Gasteiger partial charge in [0.05, 0.1) is 17.8 Å². The van der Waals surface area contributed by atoms with Crippen LogP contribution in [0.4, 0.5) is 4.39 Å². The number of hydrogen-bond acceptors (Lipinski definition) is 3. The number of nitrogens with zero attached hydrogens (tertiary/aromatic N) is 4. The first kappa shape index (κ1) is 18.5. The van der Waals surface area contributed by atoms with E-state index in [0.29, 0.717) is 24.9 Å². The number of halogens is 1. The van der Waals surface area contributed by atoms with Crippen LogP contribution in [0.15, 0.2) is 60.9 Å². The molecule has 0 aliphatic carbocycles. The number of aryl methyl sites for hydroxylation is 2. The summed E-state index contributed by atoms with van der Waals surface area (Å²) in [5.74, 6) is -0.289. The van der Waals surface area contributed by atoms with Crippen LogP contribution in [0.25, 0.3) is 22.0 Å². The zero-order valence-corrected chi connectivity index (χ0v) is 16.7. The largest absolute Gasteiger partial charge is 0.332 e. The molecule has 0 unspecified atom stereocenters. The van der Waals surface area contributed by atoms with Crippen LogP contribution in [-0.2, 0) is 31.4 Å². The smallest absolute Gasteiger partial charge is 0.223 e. The third kappa shape index (κ3) is 3.34. The maximum Gasteiger partial charge on any atom is 0.223 e. The highest BCUT2D eigenvalue weighted by molar-refractivity contribution is 5.94. The molecule has 1 amide bonds. The van der Waals surface area contributed by atoms with E-state index in [-0.39, 0.29) is 18.3 Å². The summed E-state index contributed by atoms with van der Waals surface area (Å²) >= 11 is 0. The van der Waals surface area contributed by atoms with Gasteiger partial charge >= 0.3 is 0 Å². The predicted molar refractivity (Wildman–Crippen MR) is 113 cm³/mol. The van der Waals surface area contributed by atoms with E-state index in [1.54, 1.807) is 27.9 Å². The first-order chi connectivity index (χ1) is 14.6. The highest BCUT2D eigenvalue weighted by atomic mass is 19.1. The van der Waals surface area contributed by atoms with Crippen molar-refractivity contribution in [2.45, 2.75) is 25.9 Å². The molecule has 3 heterocycles. The minimum Gasteiger partial charge on any atom is -0.332 e. The lowest BCUT2D eigenvalue weighted by atomic mass is 10.00. The van der Waals surface area contributed by atoms with Crippen LogP contribution in [0.5, 0.6) is 0 Å². The molecular formula is C24H21FN4O. The highest BCUT2D eigenvalue weighted by Crippen LogP contribution is 2.30. The van der Waals surface area contributed by atoms with E-state index >= 15 is 4.39 Å². The van der Waals surface area contributed by atoms with Crippen molar-refractivity contribution in [2.75, 3.05) is 0 Å². The van der Waals surface area contributed by atoms with E-state index in [4.69, 9.17) is 0 Å². The van der Waals surface area contributed by atoms with Gasteiger partial charge in [0.2, 0.25) is 5.91 Å². The maximum absolute atomic E-state index is 15.0. The van der Waals surface area contributed by atoms with Gasteiger partial charge in [0.1, 0.15) is 5.82 Å². The fourth-order valence-corrected chi connectivity index (χ4v) is 4.12. The molecular weight excluding hydrogens is 379 g/mol. The van der Waals surface area contributed by atoms with Gasteiger partial charge in [0, 0.05) is 43.4 Å². The summed E-state index contributed by atoms with van der Waals surface area (Å²) in [6, 6.07) is 15.0. The van der Waals surface area contributed by atoms with Crippen molar-refractivity contribution in [3.63, 3.8) is 0 Å². The Hall–Kier alpha value is -3.54. The first-order valence-corrected chi connectivity index (χ1v) is 10.0. The topological polar surface area (TPSA) is 51.0 Å². The van der Waals surface area contributed by atoms with Gasteiger partial charge in [-0.25, -0.2) is 4.39 Å². The SMILES string of the molecule is Cn1cc2c(-c3ccc(CN4Cc5ncccc5CCC4=O)c(F)c3)cccc2n1. The lowest BCUT2D eigenvalue weighted by Gasteiger charge is -2.21. The van der Waals surface area contributed by atoms with E-state index in [1.807, 2.05) is 49.6 Å². The number of carbonyl (C=O) groups excluding carboxylic acids is 1. The molecule has 1 aliphatic rings. The molecule has 0 radical (unpaired) electrons. The van der Waals surface area contributed by atoms with Crippen molar-refractivity contribution in [2.24, 2.45) is 7.05 Å². The number of fused-ring (bicyclic) bond motifs is 2. The predicted octanol–water partition coefficient (Wildman–Crippen LogP) is 4.25. The summed E-state index contributed by atoms with van der Waals surface area (Å²) in [7, 11) is 1.87. The monoisotopic (exact) mass is 400 g/mol. The summed E-state index contributed by atoms with van der Waals surface area (Å²) in [6.07, 6.45) is 4.77. The fraction of sp³-hybridized carbons (Fsp3) is 0.208. The summed E-state index contributed by atoms with van der Waals surface area (Å²) in [5.41, 5.74) is 5.10. The van der Waals surface area contributed by atoms with E-state index in [0.717, 1.165) is 33.3 Å². The third-order valence-corrected chi connectivity index (χ3v) is 5.68. The molecule has 0 atom stereocenters. The Bertz CT molecular complexity index is 1260. The molecule has 2 aromatic carbocycles. The Kier molecular flexibility index (Phi) is 4.54. The second-order valence-electron chi connectivity index (χ2n) is 7.71. The minimum absolute atomic E-state index is 0.0246. The molecule has 0 spiro atoms. The molecule has 2 aromatic heterocycles. The minimum atomic E-state index is -0.313. The first-order valence-electron chi connectivity index (χ1n) is 10.0. The van der Waals surface area contributed by atoms with E-state index in [2.05, 4.69) is 10.1 Å². The lowest BCUT2D eigenvalue weighted by Crippen LogP contribution is -2.29. The molecule has 5 rings (SSSR count). The summed E-state index contributed by atoms with van der Waals surface area (Å²) < 4.78 is 16.8. The number of rotatable bonds is 3. The summed E-state index contributed by atoms with van der Waals surface area (Å²) in [4.78, 5) is 18.7. The molecule has 4 aromatic rings. The van der Waals surface area contributed by atoms with Gasteiger partial charge in [-0.05, 0) is 41.3 Å². The number of aromatic nitrogens is 3. The standard InChI is InChI=1S/C24H21FN4O/c1-28-14-20-19(5-2-6-22(20)27-28)17-7-8-18(21(25)12-17)13-29-15-23-16(4-3-11-26-23)9-10-24(29)30/h2-8,11-12,14H,9-10,13,15H2,1H3. The van der Waals surface area contributed by atoms with Gasteiger partial charge < -0.3 is 4.90 Å². The molecule has 0 saturated carbocycles. The van der Waals surface area contributed by atoms with Crippen molar-refractivity contribution < 1.29 is 9.18 Å². The molecule has 6 heteroatoms. The van der Waals surface area contributed by atoms with Gasteiger partial charge in [-0.1, -0.05) is 30.3 Å². The van der Waals surface area contributed by atoms with Gasteiger partial charge in [-0.2, -0.15) is 5.10 Å². The quantitative estimate of drug-likeness (QED) is 0.517. The van der Waals surface area contributed by atoms with Crippen molar-refractivity contribution in [3.05, 3.63) is 83.6 Å². The second kappa shape index (κ2) is 7.37. The summed E-state index contributed by atoms with van der Waals surface area (Å²) in [6.45, 7) is 0.642. The summed E-state index contributed by atoms with van der Waals surface area (Å²) in [5, 5.41) is 5.41. The van der Waals surface area contributed by atoms with Gasteiger partial charge in [0.25, 0.3) is 0 Å². The second-order valence-corrected chi connectivity index (χ2v) is 7.71. The van der Waals surface area contributed by atoms with Gasteiger partial charge in [-0.15, -0.1) is 0 Å². The number of pyridine rings is 1. The Balaban J connectivity index is 1.44. The molecule has 0 saturated heterocycles. The van der Waals surface area contributed by atoms with E-state index in [9.17, 15) is 4.79 Å². The van der Waals surface area contributed by atoms with Gasteiger partial charge in [-0.3, -0.25) is 14.5 Å². The van der Waals surface area contributed by atoms with E-state index < -0.39 is 0 Å². The van der Waals surface area contributed by atoms with Crippen LogP contribution in [0.3, 0.4) is 0 Å². The normalized spacial score (nSPS) is 14.1. The van der Waals surface area contributed by atoms with Crippen LogP contribution in [0.2, 0.25) is 0 Å². The van der Waals surface area contributed by atoms with Crippen LogP contribution in [0, 0.1) is 5.82 Å². The van der Waals surface area contributed by atoms with Crippen LogP contribution >= 0.6 is 0 Å². The average molecular weight is 400 g/mol. The fourth-order valence-electron chi connectivity index (χ4n) is 4.12. The molecule has 30 heavy (non-hydrogen) atoms. The number of benzene rings is 2. The maximum atomic E-state index is 15.0. The van der Waals surface area contributed by atoms with Gasteiger partial charge in [0.15, 0.2) is 0 Å². The van der Waals surface area contributed by atoms with Crippen molar-refractivity contribution >= 4 is 16.8 Å². The zero-order chi connectivity index (χ0) is 20.7. The van der Waals surface area contributed by atoms with Crippen LogP contribution in [0.1, 0.15) is 23.2 Å². The van der Waals surface area contributed by atoms with E-state index in [1.165, 1.54) is 0 Å². The molecule has 0 fully saturated rings. The van der Waals surface area contributed by atoms with Crippen molar-refractivity contribution in [1.82, 2.24) is 19.7 Å². The number of amides is 1. The molecule has 1 aliphatic heterocycles. The molecule has 0 N–H and O–H groups in total. The highest BCUT2D eigenvalue weighted by Gasteiger charge is 2.22. The Morgan fingerprint density at radius 2 is 2.00 bits per heavy atom. The van der Waals surface area contributed by atoms with Crippen LogP contribution < -0.4 is 0 Å². The Morgan fingerprint density at radius 1 is 1.10 bits per heavy atom. The number of hydrogen-bond donors (Lipinski definition) is 0. The molecule has 150 valence electrons. The zero-order valence-electron chi connectivity index (χ0n) is 16.7. The molecule has 5 nitrogen and oxygen atoms in total. The number of carbonyl (C=O) groups is 1. The van der Waals surface area contributed by atoms with Crippen molar-refractivity contribution in [3.8, 4) is 11.1 Å². The average Bonchev–Trinajstić information content (AvgIpc) is 3.06. The third-order valence-electron chi connectivity index (χ3n) is 5.68. The Labute approximate surface area is 173 Å². The van der Waals surface area contributed by atoms with Crippen molar-refractivity contribution in [1.29, 1.82) is 0 Å². The molecule has 0 bridgehead atoms. The lowest BCUT2D eigenvalue weighted by molar-refractivity contribution is -0.132. The van der Waals surface area contributed by atoms with Crippen LogP contribution in [-0.4, -0.2) is 25.6 Å². The Morgan fingerprint density at radius 3 is 2.87 bits per heavy atom.